The lowest BCUT2D eigenvalue weighted by atomic mass is 9.99. The van der Waals surface area contributed by atoms with Gasteiger partial charge in [-0.15, -0.1) is 0 Å². The molecule has 0 aliphatic carbocycles. The maximum absolute atomic E-state index is 12.5. The molecule has 2 atom stereocenters. The summed E-state index contributed by atoms with van der Waals surface area (Å²) < 4.78 is 2.20. The summed E-state index contributed by atoms with van der Waals surface area (Å²) in [6.07, 6.45) is 3.78. The molecule has 3 rings (SSSR count). The molecule has 130 valence electrons. The molecular weight excluding hydrogens is 310 g/mol. The number of benzene rings is 1. The summed E-state index contributed by atoms with van der Waals surface area (Å²) in [5.74, 6) is 1.28. The van der Waals surface area contributed by atoms with Gasteiger partial charge in [-0.2, -0.15) is 0 Å². The molecule has 2 unspecified atom stereocenters. The Morgan fingerprint density at radius 1 is 1.12 bits per heavy atom. The van der Waals surface area contributed by atoms with Gasteiger partial charge in [-0.1, -0.05) is 44.2 Å². The number of carbonyl (C=O) groups is 1. The van der Waals surface area contributed by atoms with Crippen LogP contribution in [0.25, 0.3) is 11.2 Å². The molecule has 1 aromatic carbocycles. The zero-order valence-electron chi connectivity index (χ0n) is 15.1. The number of nitrogens with zero attached hydrogens (tertiary/aromatic N) is 3. The van der Waals surface area contributed by atoms with Crippen LogP contribution in [0, 0.1) is 0 Å². The molecule has 0 amide bonds. The molecule has 3 aromatic rings. The second-order valence-corrected chi connectivity index (χ2v) is 6.75. The van der Waals surface area contributed by atoms with E-state index in [4.69, 9.17) is 4.98 Å². The van der Waals surface area contributed by atoms with E-state index in [1.807, 2.05) is 42.5 Å². The zero-order valence-corrected chi connectivity index (χ0v) is 15.1. The fourth-order valence-electron chi connectivity index (χ4n) is 3.24. The van der Waals surface area contributed by atoms with E-state index in [1.54, 1.807) is 6.20 Å². The number of ketones is 1. The van der Waals surface area contributed by atoms with Crippen LogP contribution in [-0.2, 0) is 11.2 Å². The number of hydrogen-bond acceptors (Lipinski definition) is 3. The van der Waals surface area contributed by atoms with Crippen LogP contribution < -0.4 is 0 Å². The summed E-state index contributed by atoms with van der Waals surface area (Å²) in [6.45, 7) is 6.43. The van der Waals surface area contributed by atoms with Crippen LogP contribution in [0.3, 0.4) is 0 Å². The second-order valence-electron chi connectivity index (χ2n) is 6.75. The van der Waals surface area contributed by atoms with Crippen molar-refractivity contribution >= 4 is 16.9 Å². The number of aromatic nitrogens is 3. The number of Topliss-reactive ketones (excluding diaryl/α,β-unsaturated/α-hetero) is 1. The molecule has 0 saturated carbocycles. The highest BCUT2D eigenvalue weighted by atomic mass is 16.1. The van der Waals surface area contributed by atoms with E-state index in [1.165, 1.54) is 0 Å². The Kier molecular flexibility index (Phi) is 5.27. The van der Waals surface area contributed by atoms with Gasteiger partial charge < -0.3 is 4.57 Å². The fraction of sp³-hybridized carbons (Fsp3) is 0.381. The van der Waals surface area contributed by atoms with Gasteiger partial charge in [0.2, 0.25) is 0 Å². The van der Waals surface area contributed by atoms with Crippen LogP contribution >= 0.6 is 0 Å². The molecule has 4 heteroatoms. The van der Waals surface area contributed by atoms with E-state index in [9.17, 15) is 4.79 Å². The lowest BCUT2D eigenvalue weighted by molar-refractivity contribution is -0.118. The summed E-state index contributed by atoms with van der Waals surface area (Å²) in [5.41, 5.74) is 2.88. The van der Waals surface area contributed by atoms with Gasteiger partial charge >= 0.3 is 0 Å². The highest BCUT2D eigenvalue weighted by Crippen LogP contribution is 2.28. The molecule has 0 fully saturated rings. The van der Waals surface area contributed by atoms with E-state index in [0.29, 0.717) is 18.9 Å². The van der Waals surface area contributed by atoms with Gasteiger partial charge in [0, 0.05) is 31.0 Å². The largest absolute Gasteiger partial charge is 0.310 e. The predicted octanol–water partition coefficient (Wildman–Crippen LogP) is 4.71. The third kappa shape index (κ3) is 3.78. The van der Waals surface area contributed by atoms with Crippen LogP contribution in [0.4, 0.5) is 0 Å². The number of fused-ring (bicyclic) bond motifs is 1. The Morgan fingerprint density at radius 3 is 2.60 bits per heavy atom. The van der Waals surface area contributed by atoms with Crippen molar-refractivity contribution in [2.75, 3.05) is 0 Å². The molecule has 25 heavy (non-hydrogen) atoms. The highest BCUT2D eigenvalue weighted by Gasteiger charge is 2.22. The molecule has 0 aliphatic heterocycles. The van der Waals surface area contributed by atoms with E-state index in [-0.39, 0.29) is 11.7 Å². The van der Waals surface area contributed by atoms with Crippen molar-refractivity contribution in [2.45, 2.75) is 52.0 Å². The minimum absolute atomic E-state index is 0.0689. The summed E-state index contributed by atoms with van der Waals surface area (Å²) >= 11 is 0. The van der Waals surface area contributed by atoms with E-state index in [0.717, 1.165) is 29.0 Å². The Bertz CT molecular complexity index is 854. The van der Waals surface area contributed by atoms with E-state index in [2.05, 4.69) is 30.3 Å². The molecular formula is C21H25N3O. The Morgan fingerprint density at radius 2 is 1.88 bits per heavy atom. The summed E-state index contributed by atoms with van der Waals surface area (Å²) in [6, 6.07) is 14.1. The predicted molar refractivity (Wildman–Crippen MR) is 101 cm³/mol. The van der Waals surface area contributed by atoms with Gasteiger partial charge in [-0.25, -0.2) is 9.97 Å². The third-order valence-corrected chi connectivity index (χ3v) is 4.73. The Balaban J connectivity index is 1.84. The number of imidazole rings is 1. The second kappa shape index (κ2) is 7.60. The topological polar surface area (TPSA) is 47.8 Å². The van der Waals surface area contributed by atoms with Crippen LogP contribution in [-0.4, -0.2) is 20.3 Å². The SMILES string of the molecule is CCC(C)n1c(C(C)CC(=O)Cc2ccccc2)nc2cccnc21. The van der Waals surface area contributed by atoms with Gasteiger partial charge in [-0.3, -0.25) is 4.79 Å². The first-order chi connectivity index (χ1) is 12.1. The molecule has 0 bridgehead atoms. The first-order valence-electron chi connectivity index (χ1n) is 8.98. The average Bonchev–Trinajstić information content (AvgIpc) is 3.01. The van der Waals surface area contributed by atoms with Gasteiger partial charge in [-0.05, 0) is 31.0 Å². The lowest BCUT2D eigenvalue weighted by Crippen LogP contribution is -2.15. The lowest BCUT2D eigenvalue weighted by Gasteiger charge is -2.18. The van der Waals surface area contributed by atoms with Crippen molar-refractivity contribution in [3.63, 3.8) is 0 Å². The third-order valence-electron chi connectivity index (χ3n) is 4.73. The van der Waals surface area contributed by atoms with Gasteiger partial charge in [0.1, 0.15) is 17.1 Å². The average molecular weight is 335 g/mol. The van der Waals surface area contributed by atoms with Crippen LogP contribution in [0.5, 0.6) is 0 Å². The first kappa shape index (κ1) is 17.3. The zero-order chi connectivity index (χ0) is 17.8. The molecule has 4 nitrogen and oxygen atoms in total. The maximum Gasteiger partial charge on any atom is 0.160 e. The molecule has 0 radical (unpaired) electrons. The number of pyridine rings is 1. The first-order valence-corrected chi connectivity index (χ1v) is 8.98. The molecule has 0 aliphatic rings. The summed E-state index contributed by atoms with van der Waals surface area (Å²) in [7, 11) is 0. The maximum atomic E-state index is 12.5. The van der Waals surface area contributed by atoms with Crippen molar-refractivity contribution in [1.82, 2.24) is 14.5 Å². The molecule has 0 spiro atoms. The standard InChI is InChI=1S/C21H25N3O/c1-4-16(3)24-20(23-19-11-8-12-22-21(19)24)15(2)13-18(25)14-17-9-6-5-7-10-17/h5-12,15-16H,4,13-14H2,1-3H3. The number of hydrogen-bond donors (Lipinski definition) is 0. The summed E-state index contributed by atoms with van der Waals surface area (Å²) in [5, 5.41) is 0. The molecule has 2 aromatic heterocycles. The number of rotatable bonds is 7. The van der Waals surface area contributed by atoms with Crippen LogP contribution in [0.1, 0.15) is 57.0 Å². The van der Waals surface area contributed by atoms with Gasteiger partial charge in [0.05, 0.1) is 0 Å². The van der Waals surface area contributed by atoms with Crippen molar-refractivity contribution in [2.24, 2.45) is 0 Å². The number of carbonyl (C=O) groups excluding carboxylic acids is 1. The normalized spacial score (nSPS) is 13.7. The van der Waals surface area contributed by atoms with Crippen LogP contribution in [0.2, 0.25) is 0 Å². The minimum atomic E-state index is 0.0689. The summed E-state index contributed by atoms with van der Waals surface area (Å²) in [4.78, 5) is 21.8. The Hall–Kier alpha value is -2.49. The smallest absolute Gasteiger partial charge is 0.160 e. The van der Waals surface area contributed by atoms with Gasteiger partial charge in [0.25, 0.3) is 0 Å². The molecule has 0 N–H and O–H groups in total. The quantitative estimate of drug-likeness (QED) is 0.628. The van der Waals surface area contributed by atoms with E-state index >= 15 is 0 Å². The Labute approximate surface area is 148 Å². The van der Waals surface area contributed by atoms with Crippen LogP contribution in [0.15, 0.2) is 48.7 Å². The van der Waals surface area contributed by atoms with Crippen molar-refractivity contribution in [3.05, 3.63) is 60.0 Å². The highest BCUT2D eigenvalue weighted by molar-refractivity contribution is 5.81. The molecule has 0 saturated heterocycles. The van der Waals surface area contributed by atoms with Gasteiger partial charge in [0.15, 0.2) is 5.65 Å². The molecule has 2 heterocycles. The van der Waals surface area contributed by atoms with Crippen molar-refractivity contribution in [1.29, 1.82) is 0 Å². The monoisotopic (exact) mass is 335 g/mol. The van der Waals surface area contributed by atoms with E-state index < -0.39 is 0 Å². The van der Waals surface area contributed by atoms with Crippen molar-refractivity contribution < 1.29 is 4.79 Å². The minimum Gasteiger partial charge on any atom is -0.310 e. The van der Waals surface area contributed by atoms with Crippen molar-refractivity contribution in [3.8, 4) is 0 Å². The fourth-order valence-corrected chi connectivity index (χ4v) is 3.24.